The highest BCUT2D eigenvalue weighted by Crippen LogP contribution is 2.34. The van der Waals surface area contributed by atoms with Crippen molar-refractivity contribution in [1.29, 1.82) is 0 Å². The second-order valence-electron chi connectivity index (χ2n) is 7.80. The average Bonchev–Trinajstić information content (AvgIpc) is 2.98. The van der Waals surface area contributed by atoms with Gasteiger partial charge in [-0.15, -0.1) is 0 Å². The summed E-state index contributed by atoms with van der Waals surface area (Å²) in [6.07, 6.45) is -0.0473. The number of morpholine rings is 1. The van der Waals surface area contributed by atoms with Gasteiger partial charge in [-0.2, -0.15) is 0 Å². The molecule has 4 rings (SSSR count). The zero-order valence-electron chi connectivity index (χ0n) is 17.5. The summed E-state index contributed by atoms with van der Waals surface area (Å²) in [4.78, 5) is 30.3. The van der Waals surface area contributed by atoms with Crippen LogP contribution in [0.2, 0.25) is 0 Å². The highest BCUT2D eigenvalue weighted by molar-refractivity contribution is 6.35. The lowest BCUT2D eigenvalue weighted by Gasteiger charge is -2.37. The number of carbonyl (C=O) groups excluding carboxylic acids is 2. The van der Waals surface area contributed by atoms with Crippen LogP contribution in [-0.4, -0.2) is 54.0 Å². The lowest BCUT2D eigenvalue weighted by atomic mass is 10.0. The molecular formula is C24H26N2O4. The zero-order valence-corrected chi connectivity index (χ0v) is 17.5. The molecular weight excluding hydrogens is 380 g/mol. The molecule has 2 aromatic carbocycles. The van der Waals surface area contributed by atoms with Crippen molar-refractivity contribution >= 4 is 17.4 Å². The lowest BCUT2D eigenvalue weighted by Crippen LogP contribution is -2.46. The first-order valence-electron chi connectivity index (χ1n) is 10.2. The number of amides is 2. The van der Waals surface area contributed by atoms with Crippen LogP contribution in [0.5, 0.6) is 5.75 Å². The number of hydrogen-bond donors (Lipinski definition) is 0. The summed E-state index contributed by atoms with van der Waals surface area (Å²) in [5.74, 6) is 0.180. The van der Waals surface area contributed by atoms with E-state index in [4.69, 9.17) is 9.47 Å². The fraction of sp³-hybridized carbons (Fsp3) is 0.333. The van der Waals surface area contributed by atoms with E-state index in [9.17, 15) is 9.59 Å². The lowest BCUT2D eigenvalue weighted by molar-refractivity contribution is -0.139. The van der Waals surface area contributed by atoms with Gasteiger partial charge in [0.2, 0.25) is 0 Å². The van der Waals surface area contributed by atoms with E-state index in [0.717, 1.165) is 5.56 Å². The van der Waals surface area contributed by atoms with Gasteiger partial charge in [-0.3, -0.25) is 14.5 Å². The smallest absolute Gasteiger partial charge is 0.278 e. The maximum Gasteiger partial charge on any atom is 0.278 e. The Morgan fingerprint density at radius 2 is 1.57 bits per heavy atom. The molecule has 156 valence electrons. The first-order chi connectivity index (χ1) is 14.5. The standard InChI is InChI=1S/C24H26N2O4/c1-16-13-25(14-17(2)30-16)22-21(19-9-11-20(29-3)12-10-19)23(27)26(24(22)28)15-18-7-5-4-6-8-18/h4-12,16-17H,13-15H2,1-3H3. The van der Waals surface area contributed by atoms with Gasteiger partial charge in [-0.25, -0.2) is 0 Å². The van der Waals surface area contributed by atoms with Crippen LogP contribution in [0.1, 0.15) is 25.0 Å². The van der Waals surface area contributed by atoms with Crippen LogP contribution < -0.4 is 4.74 Å². The van der Waals surface area contributed by atoms with Crippen LogP contribution in [0.25, 0.3) is 5.57 Å². The quantitative estimate of drug-likeness (QED) is 0.715. The highest BCUT2D eigenvalue weighted by Gasteiger charge is 2.43. The van der Waals surface area contributed by atoms with Gasteiger partial charge < -0.3 is 14.4 Å². The van der Waals surface area contributed by atoms with E-state index in [1.165, 1.54) is 4.90 Å². The van der Waals surface area contributed by atoms with E-state index in [2.05, 4.69) is 0 Å². The number of rotatable bonds is 5. The normalized spacial score (nSPS) is 22.1. The predicted molar refractivity (Wildman–Crippen MR) is 113 cm³/mol. The molecule has 2 heterocycles. The number of benzene rings is 2. The monoisotopic (exact) mass is 406 g/mol. The predicted octanol–water partition coefficient (Wildman–Crippen LogP) is 3.08. The molecule has 6 heteroatoms. The Labute approximate surface area is 176 Å². The minimum atomic E-state index is -0.268. The highest BCUT2D eigenvalue weighted by atomic mass is 16.5. The summed E-state index contributed by atoms with van der Waals surface area (Å²) in [5.41, 5.74) is 2.53. The molecule has 1 saturated heterocycles. The molecule has 0 aliphatic carbocycles. The molecule has 2 aliphatic heterocycles. The van der Waals surface area contributed by atoms with Gasteiger partial charge in [-0.05, 0) is 37.1 Å². The molecule has 2 unspecified atom stereocenters. The molecule has 2 aromatic rings. The van der Waals surface area contributed by atoms with Crippen LogP contribution in [-0.2, 0) is 20.9 Å². The van der Waals surface area contributed by atoms with Crippen molar-refractivity contribution in [1.82, 2.24) is 9.80 Å². The largest absolute Gasteiger partial charge is 0.497 e. The Morgan fingerprint density at radius 1 is 0.933 bits per heavy atom. The van der Waals surface area contributed by atoms with E-state index in [1.54, 1.807) is 7.11 Å². The number of imide groups is 1. The summed E-state index contributed by atoms with van der Waals surface area (Å²) in [6, 6.07) is 16.9. The fourth-order valence-corrected chi connectivity index (χ4v) is 4.14. The molecule has 0 bridgehead atoms. The molecule has 30 heavy (non-hydrogen) atoms. The number of nitrogens with zero attached hydrogens (tertiary/aromatic N) is 2. The average molecular weight is 406 g/mol. The van der Waals surface area contributed by atoms with E-state index in [-0.39, 0.29) is 30.6 Å². The number of ether oxygens (including phenoxy) is 2. The summed E-state index contributed by atoms with van der Waals surface area (Å²) >= 11 is 0. The van der Waals surface area contributed by atoms with Crippen molar-refractivity contribution in [3.63, 3.8) is 0 Å². The third kappa shape index (κ3) is 3.83. The SMILES string of the molecule is COc1ccc(C2=C(N3CC(C)OC(C)C3)C(=O)N(Cc3ccccc3)C2=O)cc1. The van der Waals surface area contributed by atoms with Crippen LogP contribution in [0.15, 0.2) is 60.3 Å². The van der Waals surface area contributed by atoms with Crippen LogP contribution in [0.4, 0.5) is 0 Å². The first kappa shape index (κ1) is 20.2. The number of carbonyl (C=O) groups is 2. The van der Waals surface area contributed by atoms with Crippen molar-refractivity contribution in [2.24, 2.45) is 0 Å². The third-order valence-electron chi connectivity index (χ3n) is 5.44. The second kappa shape index (κ2) is 8.32. The minimum Gasteiger partial charge on any atom is -0.497 e. The number of methoxy groups -OCH3 is 1. The molecule has 0 radical (unpaired) electrons. The Bertz CT molecular complexity index is 958. The maximum atomic E-state index is 13.5. The maximum absolute atomic E-state index is 13.5. The van der Waals surface area contributed by atoms with E-state index >= 15 is 0 Å². The topological polar surface area (TPSA) is 59.1 Å². The van der Waals surface area contributed by atoms with Gasteiger partial charge in [-0.1, -0.05) is 42.5 Å². The van der Waals surface area contributed by atoms with Gasteiger partial charge in [0, 0.05) is 13.1 Å². The first-order valence-corrected chi connectivity index (χ1v) is 10.2. The van der Waals surface area contributed by atoms with Gasteiger partial charge >= 0.3 is 0 Å². The van der Waals surface area contributed by atoms with Gasteiger partial charge in [0.05, 0.1) is 31.4 Å². The van der Waals surface area contributed by atoms with Crippen molar-refractivity contribution in [2.75, 3.05) is 20.2 Å². The molecule has 0 aromatic heterocycles. The van der Waals surface area contributed by atoms with E-state index < -0.39 is 0 Å². The van der Waals surface area contributed by atoms with E-state index in [1.807, 2.05) is 73.3 Å². The Kier molecular flexibility index (Phi) is 5.59. The van der Waals surface area contributed by atoms with E-state index in [0.29, 0.717) is 35.7 Å². The Balaban J connectivity index is 1.75. The van der Waals surface area contributed by atoms with Gasteiger partial charge in [0.1, 0.15) is 11.4 Å². The fourth-order valence-electron chi connectivity index (χ4n) is 4.14. The van der Waals surface area contributed by atoms with Crippen molar-refractivity contribution in [3.8, 4) is 5.75 Å². The molecule has 0 N–H and O–H groups in total. The van der Waals surface area contributed by atoms with Crippen LogP contribution >= 0.6 is 0 Å². The number of hydrogen-bond acceptors (Lipinski definition) is 5. The molecule has 2 aliphatic rings. The molecule has 2 amide bonds. The summed E-state index contributed by atoms with van der Waals surface area (Å²) in [6.45, 7) is 5.35. The minimum absolute atomic E-state index is 0.0237. The zero-order chi connectivity index (χ0) is 21.3. The van der Waals surface area contributed by atoms with Crippen LogP contribution in [0.3, 0.4) is 0 Å². The summed E-state index contributed by atoms with van der Waals surface area (Å²) in [5, 5.41) is 0. The van der Waals surface area contributed by atoms with Gasteiger partial charge in [0.25, 0.3) is 11.8 Å². The third-order valence-corrected chi connectivity index (χ3v) is 5.44. The van der Waals surface area contributed by atoms with Crippen molar-refractivity contribution in [2.45, 2.75) is 32.6 Å². The summed E-state index contributed by atoms with van der Waals surface area (Å²) < 4.78 is 11.1. The second-order valence-corrected chi connectivity index (χ2v) is 7.80. The molecule has 2 atom stereocenters. The molecule has 0 saturated carbocycles. The molecule has 6 nitrogen and oxygen atoms in total. The Morgan fingerprint density at radius 3 is 2.17 bits per heavy atom. The van der Waals surface area contributed by atoms with Crippen molar-refractivity contribution < 1.29 is 19.1 Å². The summed E-state index contributed by atoms with van der Waals surface area (Å²) in [7, 11) is 1.60. The Hall–Kier alpha value is -3.12. The molecule has 0 spiro atoms. The van der Waals surface area contributed by atoms with Crippen LogP contribution in [0, 0.1) is 0 Å². The molecule has 1 fully saturated rings. The van der Waals surface area contributed by atoms with Gasteiger partial charge in [0.15, 0.2) is 0 Å². The van der Waals surface area contributed by atoms with Crippen molar-refractivity contribution in [3.05, 3.63) is 71.4 Å².